The summed E-state index contributed by atoms with van der Waals surface area (Å²) in [5.74, 6) is -0.764. The van der Waals surface area contributed by atoms with Crippen LogP contribution in [0, 0.1) is 13.8 Å². The zero-order valence-corrected chi connectivity index (χ0v) is 14.0. The highest BCUT2D eigenvalue weighted by molar-refractivity contribution is 5.90. The second-order valence-corrected chi connectivity index (χ2v) is 5.58. The number of aryl methyl sites for hydroxylation is 1. The lowest BCUT2D eigenvalue weighted by Gasteiger charge is -2.21. The van der Waals surface area contributed by atoms with Gasteiger partial charge in [0.1, 0.15) is 0 Å². The molecule has 0 N–H and O–H groups in total. The molecule has 0 aliphatic carbocycles. The normalized spacial score (nSPS) is 11.0. The SMILES string of the molecule is COC(C)(C)CCOC(=O)OOOC(=O)c1cccc(C)c1C. The highest BCUT2D eigenvalue weighted by Gasteiger charge is 2.18. The number of carbonyl (C=O) groups excluding carboxylic acids is 2. The first-order chi connectivity index (χ1) is 10.8. The Morgan fingerprint density at radius 1 is 1.13 bits per heavy atom. The third-order valence-electron chi connectivity index (χ3n) is 3.51. The average molecular weight is 326 g/mol. The van der Waals surface area contributed by atoms with Crippen molar-refractivity contribution in [3.05, 3.63) is 34.9 Å². The van der Waals surface area contributed by atoms with Crippen LogP contribution < -0.4 is 0 Å². The number of methoxy groups -OCH3 is 1. The van der Waals surface area contributed by atoms with Crippen molar-refractivity contribution in [3.63, 3.8) is 0 Å². The van der Waals surface area contributed by atoms with Crippen LogP contribution in [0.15, 0.2) is 18.2 Å². The second-order valence-electron chi connectivity index (χ2n) is 5.58. The van der Waals surface area contributed by atoms with Crippen LogP contribution in [0.3, 0.4) is 0 Å². The van der Waals surface area contributed by atoms with E-state index in [1.165, 1.54) is 0 Å². The molecule has 0 aliphatic rings. The average Bonchev–Trinajstić information content (AvgIpc) is 2.49. The molecule has 0 atom stereocenters. The summed E-state index contributed by atoms with van der Waals surface area (Å²) in [5.41, 5.74) is 1.59. The minimum atomic E-state index is -1.11. The van der Waals surface area contributed by atoms with Gasteiger partial charge in [-0.3, -0.25) is 4.89 Å². The van der Waals surface area contributed by atoms with Gasteiger partial charge in [0, 0.05) is 13.5 Å². The van der Waals surface area contributed by atoms with Crippen molar-refractivity contribution >= 4 is 12.1 Å². The van der Waals surface area contributed by atoms with Crippen molar-refractivity contribution in [2.24, 2.45) is 0 Å². The van der Waals surface area contributed by atoms with Crippen LogP contribution in [0.5, 0.6) is 0 Å². The number of hydrogen-bond donors (Lipinski definition) is 0. The van der Waals surface area contributed by atoms with E-state index in [0.29, 0.717) is 12.0 Å². The van der Waals surface area contributed by atoms with Crippen molar-refractivity contribution in [1.29, 1.82) is 0 Å². The Bertz CT molecular complexity index is 551. The van der Waals surface area contributed by atoms with Gasteiger partial charge in [-0.15, -0.1) is 0 Å². The molecular formula is C16H22O7. The first-order valence-corrected chi connectivity index (χ1v) is 7.10. The van der Waals surface area contributed by atoms with Gasteiger partial charge in [-0.2, -0.15) is 0 Å². The van der Waals surface area contributed by atoms with E-state index in [1.807, 2.05) is 26.8 Å². The largest absolute Gasteiger partial charge is 0.543 e. The van der Waals surface area contributed by atoms with E-state index in [2.05, 4.69) is 14.8 Å². The summed E-state index contributed by atoms with van der Waals surface area (Å²) in [6.07, 6.45) is -0.633. The molecule has 0 unspecified atom stereocenters. The molecule has 0 bridgehead atoms. The molecule has 0 fully saturated rings. The highest BCUT2D eigenvalue weighted by atomic mass is 17.5. The molecule has 0 heterocycles. The van der Waals surface area contributed by atoms with Crippen molar-refractivity contribution in [2.75, 3.05) is 13.7 Å². The molecule has 1 aromatic rings. The van der Waals surface area contributed by atoms with E-state index >= 15 is 0 Å². The summed E-state index contributed by atoms with van der Waals surface area (Å²) in [4.78, 5) is 31.7. The van der Waals surface area contributed by atoms with E-state index in [0.717, 1.165) is 11.1 Å². The Kier molecular flexibility index (Phi) is 6.99. The van der Waals surface area contributed by atoms with Crippen LogP contribution in [0.2, 0.25) is 0 Å². The Balaban J connectivity index is 2.32. The molecule has 0 aliphatic heterocycles. The van der Waals surface area contributed by atoms with Crippen LogP contribution in [-0.2, 0) is 24.3 Å². The van der Waals surface area contributed by atoms with E-state index in [-0.39, 0.29) is 6.61 Å². The lowest BCUT2D eigenvalue weighted by molar-refractivity contribution is -0.452. The topological polar surface area (TPSA) is 80.3 Å². The van der Waals surface area contributed by atoms with Crippen molar-refractivity contribution in [2.45, 2.75) is 39.7 Å². The molecule has 23 heavy (non-hydrogen) atoms. The lowest BCUT2D eigenvalue weighted by Crippen LogP contribution is -2.25. The summed E-state index contributed by atoms with van der Waals surface area (Å²) >= 11 is 0. The smallest absolute Gasteiger partial charge is 0.432 e. The van der Waals surface area contributed by atoms with Crippen molar-refractivity contribution in [3.8, 4) is 0 Å². The van der Waals surface area contributed by atoms with Gasteiger partial charge >= 0.3 is 12.1 Å². The first-order valence-electron chi connectivity index (χ1n) is 7.10. The molecule has 1 aromatic carbocycles. The van der Waals surface area contributed by atoms with Crippen LogP contribution in [-0.4, -0.2) is 31.4 Å². The number of hydrogen-bond acceptors (Lipinski definition) is 7. The Labute approximate surface area is 135 Å². The summed E-state index contributed by atoms with van der Waals surface area (Å²) in [6, 6.07) is 5.16. The maximum absolute atomic E-state index is 11.8. The molecule has 0 saturated carbocycles. The second kappa shape index (κ2) is 8.50. The van der Waals surface area contributed by atoms with Gasteiger partial charge in [-0.1, -0.05) is 12.1 Å². The predicted molar refractivity (Wildman–Crippen MR) is 80.6 cm³/mol. The van der Waals surface area contributed by atoms with Gasteiger partial charge < -0.3 is 9.47 Å². The van der Waals surface area contributed by atoms with Gasteiger partial charge in [-0.25, -0.2) is 14.5 Å². The van der Waals surface area contributed by atoms with Crippen LogP contribution in [0.25, 0.3) is 0 Å². The summed E-state index contributed by atoms with van der Waals surface area (Å²) < 4.78 is 9.92. The molecule has 0 amide bonds. The highest BCUT2D eigenvalue weighted by Crippen LogP contribution is 2.14. The lowest BCUT2D eigenvalue weighted by atomic mass is 10.0. The number of ether oxygens (including phenoxy) is 2. The Hall–Kier alpha value is -2.12. The van der Waals surface area contributed by atoms with Crippen molar-refractivity contribution in [1.82, 2.24) is 0 Å². The van der Waals surface area contributed by atoms with Gasteiger partial charge in [0.15, 0.2) is 0 Å². The summed E-state index contributed by atoms with van der Waals surface area (Å²) in [5, 5.41) is 4.16. The fourth-order valence-electron chi connectivity index (χ4n) is 1.60. The number of benzene rings is 1. The van der Waals surface area contributed by atoms with Crippen LogP contribution in [0.1, 0.15) is 41.8 Å². The zero-order valence-electron chi connectivity index (χ0n) is 14.0. The van der Waals surface area contributed by atoms with Crippen LogP contribution in [0.4, 0.5) is 4.79 Å². The predicted octanol–water partition coefficient (Wildman–Crippen LogP) is 3.28. The maximum atomic E-state index is 11.8. The van der Waals surface area contributed by atoms with E-state index < -0.39 is 17.7 Å². The van der Waals surface area contributed by atoms with Gasteiger partial charge in [-0.05, 0) is 44.9 Å². The zero-order chi connectivity index (χ0) is 17.5. The van der Waals surface area contributed by atoms with Gasteiger partial charge in [0.25, 0.3) is 0 Å². The molecule has 0 saturated heterocycles. The molecule has 7 nitrogen and oxygen atoms in total. The minimum Gasteiger partial charge on any atom is -0.432 e. The van der Waals surface area contributed by atoms with Gasteiger partial charge in [0.05, 0.1) is 22.8 Å². The third kappa shape index (κ3) is 6.25. The molecule has 7 heteroatoms. The molecular weight excluding hydrogens is 304 g/mol. The number of carbonyl (C=O) groups is 2. The van der Waals surface area contributed by atoms with Gasteiger partial charge in [0.2, 0.25) is 0 Å². The first kappa shape index (κ1) is 18.9. The fraction of sp³-hybridized carbons (Fsp3) is 0.500. The van der Waals surface area contributed by atoms with Crippen molar-refractivity contribution < 1.29 is 33.9 Å². The summed E-state index contributed by atoms with van der Waals surface area (Å²) in [6.45, 7) is 7.42. The molecule has 0 aromatic heterocycles. The third-order valence-corrected chi connectivity index (χ3v) is 3.51. The van der Waals surface area contributed by atoms with E-state index in [4.69, 9.17) is 9.47 Å². The standard InChI is InChI=1S/C16H22O7/c1-11-7-6-8-13(12(11)2)14(17)21-23-22-15(18)20-10-9-16(3,4)19-5/h6-8H,9-10H2,1-5H3. The summed E-state index contributed by atoms with van der Waals surface area (Å²) in [7, 11) is 1.56. The molecule has 0 radical (unpaired) electrons. The molecule has 128 valence electrons. The van der Waals surface area contributed by atoms with E-state index in [1.54, 1.807) is 26.2 Å². The molecule has 1 rings (SSSR count). The number of rotatable bonds is 7. The Morgan fingerprint density at radius 3 is 2.48 bits per heavy atom. The Morgan fingerprint density at radius 2 is 1.83 bits per heavy atom. The quantitative estimate of drug-likeness (QED) is 0.432. The van der Waals surface area contributed by atoms with E-state index in [9.17, 15) is 9.59 Å². The molecule has 0 spiro atoms. The monoisotopic (exact) mass is 326 g/mol. The fourth-order valence-corrected chi connectivity index (χ4v) is 1.60. The van der Waals surface area contributed by atoms with Crippen LogP contribution >= 0.6 is 0 Å². The minimum absolute atomic E-state index is 0.0773. The maximum Gasteiger partial charge on any atom is 0.543 e.